The van der Waals surface area contributed by atoms with E-state index in [0.29, 0.717) is 19.6 Å². The summed E-state index contributed by atoms with van der Waals surface area (Å²) in [5.74, 6) is -0.0255. The molecule has 25 heavy (non-hydrogen) atoms. The van der Waals surface area contributed by atoms with Gasteiger partial charge in [-0.05, 0) is 29.8 Å². The zero-order valence-electron chi connectivity index (χ0n) is 13.8. The predicted octanol–water partition coefficient (Wildman–Crippen LogP) is 1.81. The van der Waals surface area contributed by atoms with E-state index in [1.165, 1.54) is 12.1 Å². The third-order valence-corrected chi connectivity index (χ3v) is 4.18. The summed E-state index contributed by atoms with van der Waals surface area (Å²) in [6, 6.07) is 12.2. The number of amides is 2. The Morgan fingerprint density at radius 1 is 1.04 bits per heavy atom. The highest BCUT2D eigenvalue weighted by Gasteiger charge is 2.21. The third-order valence-electron chi connectivity index (χ3n) is 4.18. The zero-order chi connectivity index (χ0) is 17.6. The number of carboxylic acids is 1. The molecule has 0 atom stereocenters. The molecule has 2 heterocycles. The van der Waals surface area contributed by atoms with Crippen LogP contribution in [0.1, 0.15) is 15.9 Å². The molecular formula is C18H20N4O3. The first kappa shape index (κ1) is 16.8. The first-order valence-corrected chi connectivity index (χ1v) is 8.14. The third kappa shape index (κ3) is 4.26. The Bertz CT molecular complexity index is 726. The van der Waals surface area contributed by atoms with Gasteiger partial charge < -0.3 is 20.2 Å². The molecular weight excluding hydrogens is 320 g/mol. The SMILES string of the molecule is O=C(O)c1ccc(CNC(=O)N2CCN(c3ccccn3)CC2)cc1. The fourth-order valence-electron chi connectivity index (χ4n) is 2.73. The molecule has 2 N–H and O–H groups in total. The topological polar surface area (TPSA) is 85.8 Å². The molecule has 1 aromatic carbocycles. The highest BCUT2D eigenvalue weighted by molar-refractivity contribution is 5.87. The smallest absolute Gasteiger partial charge is 0.335 e. The molecule has 1 aliphatic heterocycles. The largest absolute Gasteiger partial charge is 0.478 e. The molecule has 0 saturated carbocycles. The number of pyridine rings is 1. The van der Waals surface area contributed by atoms with Gasteiger partial charge in [0.05, 0.1) is 5.56 Å². The number of nitrogens with one attached hydrogen (secondary N) is 1. The van der Waals surface area contributed by atoms with Crippen LogP contribution in [0.3, 0.4) is 0 Å². The van der Waals surface area contributed by atoms with Gasteiger partial charge in [0, 0.05) is 38.9 Å². The van der Waals surface area contributed by atoms with Gasteiger partial charge in [0.25, 0.3) is 0 Å². The number of benzene rings is 1. The molecule has 0 aliphatic carbocycles. The van der Waals surface area contributed by atoms with Crippen molar-refractivity contribution in [3.05, 3.63) is 59.8 Å². The molecule has 130 valence electrons. The molecule has 0 bridgehead atoms. The van der Waals surface area contributed by atoms with Crippen LogP contribution in [0, 0.1) is 0 Å². The van der Waals surface area contributed by atoms with Crippen LogP contribution in [-0.2, 0) is 6.54 Å². The summed E-state index contributed by atoms with van der Waals surface area (Å²) in [5, 5.41) is 11.8. The number of carbonyl (C=O) groups excluding carboxylic acids is 1. The Morgan fingerprint density at radius 2 is 1.76 bits per heavy atom. The van der Waals surface area contributed by atoms with Crippen molar-refractivity contribution in [1.29, 1.82) is 0 Å². The number of urea groups is 1. The van der Waals surface area contributed by atoms with Crippen LogP contribution >= 0.6 is 0 Å². The summed E-state index contributed by atoms with van der Waals surface area (Å²) in [6.45, 7) is 3.15. The van der Waals surface area contributed by atoms with Crippen molar-refractivity contribution < 1.29 is 14.7 Å². The Labute approximate surface area is 145 Å². The van der Waals surface area contributed by atoms with Crippen LogP contribution in [-0.4, -0.2) is 53.2 Å². The molecule has 2 aromatic rings. The van der Waals surface area contributed by atoms with Gasteiger partial charge in [-0.15, -0.1) is 0 Å². The van der Waals surface area contributed by atoms with Crippen LogP contribution in [0.4, 0.5) is 10.6 Å². The van der Waals surface area contributed by atoms with Gasteiger partial charge in [-0.2, -0.15) is 0 Å². The molecule has 7 heteroatoms. The van der Waals surface area contributed by atoms with E-state index >= 15 is 0 Å². The number of piperazine rings is 1. The fraction of sp³-hybridized carbons (Fsp3) is 0.278. The molecule has 0 spiro atoms. The minimum Gasteiger partial charge on any atom is -0.478 e. The predicted molar refractivity (Wildman–Crippen MR) is 93.7 cm³/mol. The Hall–Kier alpha value is -3.09. The highest BCUT2D eigenvalue weighted by atomic mass is 16.4. The number of rotatable bonds is 4. The molecule has 1 fully saturated rings. The first-order valence-electron chi connectivity index (χ1n) is 8.14. The van der Waals surface area contributed by atoms with Crippen LogP contribution in [0.25, 0.3) is 0 Å². The number of carbonyl (C=O) groups is 2. The van der Waals surface area contributed by atoms with E-state index in [9.17, 15) is 9.59 Å². The van der Waals surface area contributed by atoms with E-state index in [2.05, 4.69) is 15.2 Å². The molecule has 3 rings (SSSR count). The van der Waals surface area contributed by atoms with Gasteiger partial charge in [0.15, 0.2) is 0 Å². The summed E-state index contributed by atoms with van der Waals surface area (Å²) in [4.78, 5) is 31.4. The van der Waals surface area contributed by atoms with Crippen molar-refractivity contribution in [2.45, 2.75) is 6.54 Å². The van der Waals surface area contributed by atoms with Crippen molar-refractivity contribution in [3.63, 3.8) is 0 Å². The minimum atomic E-state index is -0.957. The molecule has 0 unspecified atom stereocenters. The van der Waals surface area contributed by atoms with Crippen LogP contribution in [0.15, 0.2) is 48.7 Å². The van der Waals surface area contributed by atoms with E-state index in [1.807, 2.05) is 18.2 Å². The molecule has 1 saturated heterocycles. The average Bonchev–Trinajstić information content (AvgIpc) is 2.67. The number of anilines is 1. The van der Waals surface area contributed by atoms with Gasteiger partial charge in [-0.25, -0.2) is 14.6 Å². The van der Waals surface area contributed by atoms with Crippen molar-refractivity contribution in [2.75, 3.05) is 31.1 Å². The van der Waals surface area contributed by atoms with Gasteiger partial charge in [0.2, 0.25) is 0 Å². The lowest BCUT2D eigenvalue weighted by Gasteiger charge is -2.35. The number of nitrogens with zero attached hydrogens (tertiary/aromatic N) is 3. The van der Waals surface area contributed by atoms with Gasteiger partial charge in [-0.3, -0.25) is 0 Å². The highest BCUT2D eigenvalue weighted by Crippen LogP contribution is 2.12. The van der Waals surface area contributed by atoms with Gasteiger partial charge >= 0.3 is 12.0 Å². The summed E-state index contributed by atoms with van der Waals surface area (Å²) < 4.78 is 0. The van der Waals surface area contributed by atoms with E-state index in [1.54, 1.807) is 23.2 Å². The quantitative estimate of drug-likeness (QED) is 0.887. The maximum Gasteiger partial charge on any atom is 0.335 e. The molecule has 2 amide bonds. The average molecular weight is 340 g/mol. The Morgan fingerprint density at radius 3 is 2.36 bits per heavy atom. The first-order chi connectivity index (χ1) is 12.1. The van der Waals surface area contributed by atoms with E-state index in [4.69, 9.17) is 5.11 Å². The Balaban J connectivity index is 1.47. The van der Waals surface area contributed by atoms with Crippen molar-refractivity contribution in [1.82, 2.24) is 15.2 Å². The fourth-order valence-corrected chi connectivity index (χ4v) is 2.73. The van der Waals surface area contributed by atoms with Gasteiger partial charge in [-0.1, -0.05) is 18.2 Å². The lowest BCUT2D eigenvalue weighted by Crippen LogP contribution is -2.51. The second-order valence-corrected chi connectivity index (χ2v) is 5.82. The lowest BCUT2D eigenvalue weighted by molar-refractivity contribution is 0.0697. The Kier molecular flexibility index (Phi) is 5.13. The zero-order valence-corrected chi connectivity index (χ0v) is 13.8. The monoisotopic (exact) mass is 340 g/mol. The maximum atomic E-state index is 12.3. The van der Waals surface area contributed by atoms with E-state index < -0.39 is 5.97 Å². The second-order valence-electron chi connectivity index (χ2n) is 5.82. The maximum absolute atomic E-state index is 12.3. The summed E-state index contributed by atoms with van der Waals surface area (Å²) >= 11 is 0. The number of hydrogen-bond donors (Lipinski definition) is 2. The number of aromatic nitrogens is 1. The molecule has 0 radical (unpaired) electrons. The molecule has 7 nitrogen and oxygen atoms in total. The minimum absolute atomic E-state index is 0.108. The van der Waals surface area contributed by atoms with E-state index in [0.717, 1.165) is 24.5 Å². The standard InChI is InChI=1S/C18H20N4O3/c23-17(24)15-6-4-14(5-7-15)13-20-18(25)22-11-9-21(10-12-22)16-3-1-2-8-19-16/h1-8H,9-13H2,(H,20,25)(H,23,24). The normalized spacial score (nSPS) is 14.2. The van der Waals surface area contributed by atoms with Crippen molar-refractivity contribution in [2.24, 2.45) is 0 Å². The lowest BCUT2D eigenvalue weighted by atomic mass is 10.1. The molecule has 1 aliphatic rings. The van der Waals surface area contributed by atoms with Gasteiger partial charge in [0.1, 0.15) is 5.82 Å². The summed E-state index contributed by atoms with van der Waals surface area (Å²) in [5.41, 5.74) is 1.10. The number of aromatic carboxylic acids is 1. The summed E-state index contributed by atoms with van der Waals surface area (Å²) in [7, 11) is 0. The van der Waals surface area contributed by atoms with E-state index in [-0.39, 0.29) is 11.6 Å². The second kappa shape index (κ2) is 7.65. The molecule has 1 aromatic heterocycles. The van der Waals surface area contributed by atoms with Crippen LogP contribution in [0.2, 0.25) is 0 Å². The van der Waals surface area contributed by atoms with Crippen molar-refractivity contribution >= 4 is 17.8 Å². The van der Waals surface area contributed by atoms with Crippen LogP contribution in [0.5, 0.6) is 0 Å². The van der Waals surface area contributed by atoms with Crippen LogP contribution < -0.4 is 10.2 Å². The number of hydrogen-bond acceptors (Lipinski definition) is 4. The van der Waals surface area contributed by atoms with Crippen molar-refractivity contribution in [3.8, 4) is 0 Å². The summed E-state index contributed by atoms with van der Waals surface area (Å²) in [6.07, 6.45) is 1.77. The number of carboxylic acid groups (broad SMARTS) is 1.